The Kier molecular flexibility index (Phi) is 7.93. The average Bonchev–Trinajstić information content (AvgIpc) is 3.02. The van der Waals surface area contributed by atoms with Crippen LogP contribution in [0.3, 0.4) is 0 Å². The van der Waals surface area contributed by atoms with Gasteiger partial charge in [-0.25, -0.2) is 9.18 Å². The van der Waals surface area contributed by atoms with Crippen LogP contribution in [0.25, 0.3) is 10.9 Å². The van der Waals surface area contributed by atoms with Crippen LogP contribution in [0.5, 0.6) is 11.5 Å². The lowest BCUT2D eigenvalue weighted by atomic mass is 10.1. The van der Waals surface area contributed by atoms with Crippen molar-refractivity contribution in [2.75, 3.05) is 20.6 Å². The summed E-state index contributed by atoms with van der Waals surface area (Å²) in [5.41, 5.74) is 1.23. The molecule has 0 bridgehead atoms. The van der Waals surface area contributed by atoms with E-state index in [0.29, 0.717) is 11.5 Å². The van der Waals surface area contributed by atoms with Gasteiger partial charge >= 0.3 is 12.3 Å². The quantitative estimate of drug-likeness (QED) is 0.202. The van der Waals surface area contributed by atoms with Crippen LogP contribution in [-0.4, -0.2) is 38.0 Å². The second-order valence-electron chi connectivity index (χ2n) is 7.23. The van der Waals surface area contributed by atoms with Crippen LogP contribution in [0, 0.1) is 12.7 Å². The van der Waals surface area contributed by atoms with E-state index < -0.39 is 29.5 Å². The first-order valence-corrected chi connectivity index (χ1v) is 9.21. The minimum Gasteiger partial charge on any atom is -1.00 e. The monoisotopic (exact) mass is 552 g/mol. The topological polar surface area (TPSA) is 55.8 Å². The van der Waals surface area contributed by atoms with Crippen LogP contribution >= 0.6 is 0 Å². The maximum absolute atomic E-state index is 14.4. The van der Waals surface area contributed by atoms with Crippen LogP contribution in [0.15, 0.2) is 36.5 Å². The summed E-state index contributed by atoms with van der Waals surface area (Å²) in [5, 5.41) is 0.710. The van der Waals surface area contributed by atoms with Gasteiger partial charge in [0.2, 0.25) is 0 Å². The second kappa shape index (κ2) is 9.86. The Labute approximate surface area is 193 Å². The SMILES string of the molecule is Cc1cc(OC(F)(F)F)cc(F)c1C(=O)Oc1cccc2[nH]cc(CC[NH+](C)C)c12.[I-]. The fraction of sp³-hybridized carbons (Fsp3) is 0.286. The lowest BCUT2D eigenvalue weighted by Gasteiger charge is -2.13. The second-order valence-corrected chi connectivity index (χ2v) is 7.23. The molecule has 0 unspecified atom stereocenters. The predicted molar refractivity (Wildman–Crippen MR) is 102 cm³/mol. The highest BCUT2D eigenvalue weighted by Crippen LogP contribution is 2.31. The van der Waals surface area contributed by atoms with E-state index in [-0.39, 0.29) is 35.3 Å². The number of alkyl halides is 3. The smallest absolute Gasteiger partial charge is 0.573 e. The van der Waals surface area contributed by atoms with Gasteiger partial charge in [0, 0.05) is 29.6 Å². The van der Waals surface area contributed by atoms with Gasteiger partial charge in [-0.05, 0) is 36.2 Å². The van der Waals surface area contributed by atoms with E-state index in [1.807, 2.05) is 26.4 Å². The van der Waals surface area contributed by atoms with Gasteiger partial charge in [0.15, 0.2) is 0 Å². The van der Waals surface area contributed by atoms with Crippen molar-refractivity contribution in [3.63, 3.8) is 0 Å². The maximum atomic E-state index is 14.4. The number of halogens is 5. The van der Waals surface area contributed by atoms with Crippen molar-refractivity contribution in [3.8, 4) is 11.5 Å². The van der Waals surface area contributed by atoms with E-state index in [1.165, 1.54) is 11.8 Å². The van der Waals surface area contributed by atoms with Crippen LogP contribution in [0.1, 0.15) is 21.5 Å². The van der Waals surface area contributed by atoms with E-state index >= 15 is 0 Å². The van der Waals surface area contributed by atoms with E-state index in [9.17, 15) is 22.4 Å². The molecule has 0 spiro atoms. The third kappa shape index (κ3) is 6.10. The molecule has 2 N–H and O–H groups in total. The van der Waals surface area contributed by atoms with Gasteiger partial charge in [0.1, 0.15) is 17.3 Å². The summed E-state index contributed by atoms with van der Waals surface area (Å²) in [7, 11) is 4.04. The molecule has 3 aromatic rings. The Balaban J connectivity index is 0.00000341. The minimum absolute atomic E-state index is 0. The number of likely N-dealkylation sites (N-methyl/N-ethyl adjacent to an activating group) is 1. The number of hydrogen-bond donors (Lipinski definition) is 2. The number of aromatic amines is 1. The Morgan fingerprint density at radius 1 is 1.19 bits per heavy atom. The first kappa shape index (κ1) is 24.9. The highest BCUT2D eigenvalue weighted by Gasteiger charge is 2.32. The number of aromatic nitrogens is 1. The molecule has 10 heteroatoms. The largest absolute Gasteiger partial charge is 1.00 e. The van der Waals surface area contributed by atoms with Crippen molar-refractivity contribution in [2.24, 2.45) is 0 Å². The molecule has 31 heavy (non-hydrogen) atoms. The van der Waals surface area contributed by atoms with Crippen molar-refractivity contribution in [3.05, 3.63) is 59.0 Å². The number of carbonyl (C=O) groups excluding carboxylic acids is 1. The normalized spacial score (nSPS) is 11.5. The average molecular weight is 552 g/mol. The van der Waals surface area contributed by atoms with Crippen molar-refractivity contribution in [1.82, 2.24) is 4.98 Å². The third-order valence-corrected chi connectivity index (χ3v) is 4.54. The van der Waals surface area contributed by atoms with Gasteiger partial charge < -0.3 is 43.3 Å². The molecule has 0 saturated heterocycles. The fourth-order valence-corrected chi connectivity index (χ4v) is 3.20. The van der Waals surface area contributed by atoms with Crippen LogP contribution < -0.4 is 38.4 Å². The van der Waals surface area contributed by atoms with Crippen molar-refractivity contribution in [2.45, 2.75) is 19.7 Å². The van der Waals surface area contributed by atoms with Crippen molar-refractivity contribution in [1.29, 1.82) is 0 Å². The summed E-state index contributed by atoms with van der Waals surface area (Å²) in [4.78, 5) is 17.0. The molecule has 0 aliphatic heterocycles. The van der Waals surface area contributed by atoms with E-state index in [4.69, 9.17) is 4.74 Å². The van der Waals surface area contributed by atoms with E-state index in [1.54, 1.807) is 12.1 Å². The Morgan fingerprint density at radius 3 is 2.52 bits per heavy atom. The first-order chi connectivity index (χ1) is 14.0. The number of esters is 1. The number of aryl methyl sites for hydroxylation is 1. The van der Waals surface area contributed by atoms with E-state index in [2.05, 4.69) is 9.72 Å². The zero-order chi connectivity index (χ0) is 22.1. The summed E-state index contributed by atoms with van der Waals surface area (Å²) < 4.78 is 60.7. The summed E-state index contributed by atoms with van der Waals surface area (Å²) >= 11 is 0. The number of ether oxygens (including phenoxy) is 2. The summed E-state index contributed by atoms with van der Waals surface area (Å²) in [6, 6.07) is 6.56. The number of carbonyl (C=O) groups is 1. The highest BCUT2D eigenvalue weighted by molar-refractivity contribution is 5.97. The summed E-state index contributed by atoms with van der Waals surface area (Å²) in [6.07, 6.45) is -2.40. The highest BCUT2D eigenvalue weighted by atomic mass is 127. The maximum Gasteiger partial charge on any atom is 0.573 e. The molecule has 1 aromatic heterocycles. The molecule has 2 aromatic carbocycles. The van der Waals surface area contributed by atoms with Crippen LogP contribution in [0.4, 0.5) is 17.6 Å². The van der Waals surface area contributed by atoms with Crippen LogP contribution in [0.2, 0.25) is 0 Å². The third-order valence-electron chi connectivity index (χ3n) is 4.54. The van der Waals surface area contributed by atoms with Gasteiger partial charge in [-0.15, -0.1) is 13.2 Å². The number of rotatable bonds is 6. The lowest BCUT2D eigenvalue weighted by molar-refractivity contribution is -0.858. The zero-order valence-electron chi connectivity index (χ0n) is 17.0. The number of H-pyrrole nitrogens is 1. The Morgan fingerprint density at radius 2 is 1.90 bits per heavy atom. The van der Waals surface area contributed by atoms with E-state index in [0.717, 1.165) is 30.1 Å². The molecular formula is C21H21F4IN2O3. The van der Waals surface area contributed by atoms with Gasteiger partial charge in [0.25, 0.3) is 0 Å². The summed E-state index contributed by atoms with van der Waals surface area (Å²) in [5.74, 6) is -2.65. The fourth-order valence-electron chi connectivity index (χ4n) is 3.20. The molecule has 5 nitrogen and oxygen atoms in total. The van der Waals surface area contributed by atoms with Crippen molar-refractivity contribution >= 4 is 16.9 Å². The number of fused-ring (bicyclic) bond motifs is 1. The zero-order valence-corrected chi connectivity index (χ0v) is 19.2. The number of hydrogen-bond acceptors (Lipinski definition) is 3. The standard InChI is InChI=1S/C21H20F4N2O3.HI/c1-12-9-14(30-21(23,24)25)10-15(22)18(12)20(28)29-17-6-4-5-16-19(17)13(11-26-16)7-8-27(2)3;/h4-6,9-11,26H,7-8H2,1-3H3;1H. The molecule has 0 radical (unpaired) electrons. The molecule has 0 amide bonds. The molecule has 0 aliphatic carbocycles. The molecule has 1 heterocycles. The van der Waals surface area contributed by atoms with Gasteiger partial charge in [-0.3, -0.25) is 0 Å². The lowest BCUT2D eigenvalue weighted by Crippen LogP contribution is -3.05. The predicted octanol–water partition coefficient (Wildman–Crippen LogP) is 0.424. The van der Waals surface area contributed by atoms with Gasteiger partial charge in [-0.2, -0.15) is 0 Å². The molecule has 3 rings (SSSR count). The molecule has 0 atom stereocenters. The molecule has 168 valence electrons. The number of nitrogens with one attached hydrogen (secondary N) is 2. The summed E-state index contributed by atoms with van der Waals surface area (Å²) in [6.45, 7) is 2.16. The Hall–Kier alpha value is -2.34. The molecular weight excluding hydrogens is 531 g/mol. The first-order valence-electron chi connectivity index (χ1n) is 9.21. The number of benzene rings is 2. The van der Waals surface area contributed by atoms with Crippen LogP contribution in [-0.2, 0) is 6.42 Å². The Bertz CT molecular complexity index is 1060. The molecule has 0 aliphatic rings. The molecule has 0 saturated carbocycles. The molecule has 0 fully saturated rings. The van der Waals surface area contributed by atoms with Gasteiger partial charge in [-0.1, -0.05) is 6.07 Å². The van der Waals surface area contributed by atoms with Crippen molar-refractivity contribution < 1.29 is 60.7 Å². The minimum atomic E-state index is -4.96. The van der Waals surface area contributed by atoms with Gasteiger partial charge in [0.05, 0.1) is 26.2 Å². The number of quaternary nitrogens is 1.